The average Bonchev–Trinajstić information content (AvgIpc) is 2.92. The van der Waals surface area contributed by atoms with Crippen LogP contribution in [0.1, 0.15) is 25.3 Å². The van der Waals surface area contributed by atoms with Gasteiger partial charge in [-0.2, -0.15) is 0 Å². The predicted octanol–water partition coefficient (Wildman–Crippen LogP) is 3.68. The number of benzene rings is 1. The van der Waals surface area contributed by atoms with Crippen LogP contribution >= 0.6 is 11.3 Å². The second-order valence-electron chi connectivity index (χ2n) is 5.24. The van der Waals surface area contributed by atoms with Crippen molar-refractivity contribution in [2.24, 2.45) is 0 Å². The number of nitro benzene ring substituents is 1. The van der Waals surface area contributed by atoms with Crippen molar-refractivity contribution in [2.75, 3.05) is 0 Å². The van der Waals surface area contributed by atoms with Gasteiger partial charge in [-0.25, -0.2) is 4.98 Å². The molecular weight excluding hydrogens is 302 g/mol. The fraction of sp³-hybridized carbons (Fsp3) is 0.200. The van der Waals surface area contributed by atoms with E-state index in [1.165, 1.54) is 23.5 Å². The summed E-state index contributed by atoms with van der Waals surface area (Å²) in [6.45, 7) is 4.07. The van der Waals surface area contributed by atoms with Crippen molar-refractivity contribution in [2.45, 2.75) is 19.8 Å². The van der Waals surface area contributed by atoms with Crippen LogP contribution in [0.25, 0.3) is 21.6 Å². The zero-order valence-corrected chi connectivity index (χ0v) is 12.8. The average molecular weight is 315 g/mol. The first kappa shape index (κ1) is 14.4. The maximum atomic E-state index is 12.3. The first-order valence-electron chi connectivity index (χ1n) is 6.73. The van der Waals surface area contributed by atoms with Crippen LogP contribution in [0.4, 0.5) is 5.69 Å². The number of fused-ring (bicyclic) bond motifs is 1. The summed E-state index contributed by atoms with van der Waals surface area (Å²) in [4.78, 5) is 30.5. The molecule has 7 heteroatoms. The Morgan fingerprint density at radius 1 is 1.27 bits per heavy atom. The molecule has 0 aliphatic heterocycles. The highest BCUT2D eigenvalue weighted by Gasteiger charge is 2.14. The van der Waals surface area contributed by atoms with Gasteiger partial charge in [0.15, 0.2) is 0 Å². The first-order chi connectivity index (χ1) is 10.5. The van der Waals surface area contributed by atoms with Crippen LogP contribution in [0.5, 0.6) is 0 Å². The van der Waals surface area contributed by atoms with E-state index in [1.54, 1.807) is 12.1 Å². The number of hydrogen-bond acceptors (Lipinski definition) is 5. The Morgan fingerprint density at radius 3 is 2.55 bits per heavy atom. The lowest BCUT2D eigenvalue weighted by Crippen LogP contribution is -2.10. The number of rotatable bonds is 3. The second kappa shape index (κ2) is 5.34. The molecule has 112 valence electrons. The number of nitrogens with one attached hydrogen (secondary N) is 1. The van der Waals surface area contributed by atoms with Crippen molar-refractivity contribution < 1.29 is 4.92 Å². The summed E-state index contributed by atoms with van der Waals surface area (Å²) >= 11 is 1.43. The summed E-state index contributed by atoms with van der Waals surface area (Å²) in [5, 5.41) is 13.3. The van der Waals surface area contributed by atoms with Gasteiger partial charge in [-0.1, -0.05) is 13.8 Å². The third-order valence-corrected chi connectivity index (χ3v) is 4.34. The molecule has 0 atom stereocenters. The Balaban J connectivity index is 2.13. The summed E-state index contributed by atoms with van der Waals surface area (Å²) < 4.78 is 0. The van der Waals surface area contributed by atoms with E-state index in [2.05, 4.69) is 9.97 Å². The van der Waals surface area contributed by atoms with E-state index in [0.717, 1.165) is 5.56 Å². The molecule has 0 amide bonds. The van der Waals surface area contributed by atoms with Crippen molar-refractivity contribution in [3.8, 4) is 11.4 Å². The lowest BCUT2D eigenvalue weighted by atomic mass is 10.0. The molecule has 1 aromatic carbocycles. The van der Waals surface area contributed by atoms with Crippen molar-refractivity contribution in [1.29, 1.82) is 0 Å². The minimum Gasteiger partial charge on any atom is -0.306 e. The molecule has 0 spiro atoms. The second-order valence-corrected chi connectivity index (χ2v) is 6.10. The van der Waals surface area contributed by atoms with Gasteiger partial charge in [0.2, 0.25) is 0 Å². The van der Waals surface area contributed by atoms with Gasteiger partial charge >= 0.3 is 0 Å². The summed E-state index contributed by atoms with van der Waals surface area (Å²) in [6, 6.07) is 5.96. The van der Waals surface area contributed by atoms with Crippen LogP contribution < -0.4 is 5.56 Å². The third-order valence-electron chi connectivity index (χ3n) is 3.45. The zero-order valence-electron chi connectivity index (χ0n) is 12.0. The maximum absolute atomic E-state index is 12.3. The molecule has 0 fully saturated rings. The number of thiophene rings is 1. The molecule has 0 radical (unpaired) electrons. The SMILES string of the molecule is CC(C)c1csc2nc(-c3ccc([N+](=O)[O-])cc3)[nH]c(=O)c12. The Morgan fingerprint density at radius 2 is 1.95 bits per heavy atom. The summed E-state index contributed by atoms with van der Waals surface area (Å²) in [5.74, 6) is 0.673. The predicted molar refractivity (Wildman–Crippen MR) is 86.4 cm³/mol. The van der Waals surface area contributed by atoms with E-state index < -0.39 is 4.92 Å². The number of aromatic amines is 1. The van der Waals surface area contributed by atoms with Crippen LogP contribution in [0.3, 0.4) is 0 Å². The topological polar surface area (TPSA) is 88.9 Å². The van der Waals surface area contributed by atoms with Crippen LogP contribution in [0.2, 0.25) is 0 Å². The number of nitrogens with zero attached hydrogens (tertiary/aromatic N) is 2. The monoisotopic (exact) mass is 315 g/mol. The van der Waals surface area contributed by atoms with E-state index in [1.807, 2.05) is 19.2 Å². The molecule has 2 aromatic heterocycles. The molecule has 3 aromatic rings. The van der Waals surface area contributed by atoms with E-state index in [4.69, 9.17) is 0 Å². The highest BCUT2D eigenvalue weighted by atomic mass is 32.1. The molecule has 0 saturated heterocycles. The van der Waals surface area contributed by atoms with Gasteiger partial charge in [-0.15, -0.1) is 11.3 Å². The largest absolute Gasteiger partial charge is 0.306 e. The summed E-state index contributed by atoms with van der Waals surface area (Å²) in [5.41, 5.74) is 1.46. The van der Waals surface area contributed by atoms with E-state index in [-0.39, 0.29) is 17.2 Å². The van der Waals surface area contributed by atoms with Crippen molar-refractivity contribution >= 4 is 27.2 Å². The quantitative estimate of drug-likeness (QED) is 0.589. The number of aromatic nitrogens is 2. The molecule has 0 saturated carbocycles. The smallest absolute Gasteiger partial charge is 0.269 e. The fourth-order valence-corrected chi connectivity index (χ4v) is 3.37. The molecular formula is C15H13N3O3S. The lowest BCUT2D eigenvalue weighted by Gasteiger charge is -2.04. The van der Waals surface area contributed by atoms with Crippen LogP contribution in [-0.2, 0) is 0 Å². The molecule has 22 heavy (non-hydrogen) atoms. The maximum Gasteiger partial charge on any atom is 0.269 e. The minimum atomic E-state index is -0.461. The minimum absolute atomic E-state index is 0.00499. The van der Waals surface area contributed by atoms with Crippen molar-refractivity contribution in [1.82, 2.24) is 9.97 Å². The van der Waals surface area contributed by atoms with Gasteiger partial charge in [0, 0.05) is 17.7 Å². The van der Waals surface area contributed by atoms with Crippen molar-refractivity contribution in [3.63, 3.8) is 0 Å². The summed E-state index contributed by atoms with van der Waals surface area (Å²) in [6.07, 6.45) is 0. The Hall–Kier alpha value is -2.54. The zero-order chi connectivity index (χ0) is 15.9. The van der Waals surface area contributed by atoms with E-state index in [0.29, 0.717) is 21.6 Å². The molecule has 0 bridgehead atoms. The number of H-pyrrole nitrogens is 1. The lowest BCUT2D eigenvalue weighted by molar-refractivity contribution is -0.384. The molecule has 0 aliphatic rings. The Bertz CT molecular complexity index is 910. The van der Waals surface area contributed by atoms with Crippen molar-refractivity contribution in [3.05, 3.63) is 55.7 Å². The number of non-ortho nitro benzene ring substituents is 1. The van der Waals surface area contributed by atoms with E-state index >= 15 is 0 Å². The van der Waals surface area contributed by atoms with Gasteiger partial charge in [-0.3, -0.25) is 14.9 Å². The van der Waals surface area contributed by atoms with Gasteiger partial charge < -0.3 is 4.98 Å². The molecule has 3 rings (SSSR count). The molecule has 0 unspecified atom stereocenters. The first-order valence-corrected chi connectivity index (χ1v) is 7.61. The normalized spacial score (nSPS) is 11.2. The molecule has 2 heterocycles. The number of nitro groups is 1. The van der Waals surface area contributed by atoms with Crippen LogP contribution in [-0.4, -0.2) is 14.9 Å². The molecule has 6 nitrogen and oxygen atoms in total. The fourth-order valence-electron chi connectivity index (χ4n) is 2.27. The van der Waals surface area contributed by atoms with Crippen LogP contribution in [0, 0.1) is 10.1 Å². The van der Waals surface area contributed by atoms with Gasteiger partial charge in [0.05, 0.1) is 10.3 Å². The molecule has 0 aliphatic carbocycles. The summed E-state index contributed by atoms with van der Waals surface area (Å²) in [7, 11) is 0. The standard InChI is InChI=1S/C15H13N3O3S/c1-8(2)11-7-22-15-12(11)14(19)16-13(17-15)9-3-5-10(6-4-9)18(20)21/h3-8H,1-2H3,(H,16,17,19). The third kappa shape index (κ3) is 2.39. The highest BCUT2D eigenvalue weighted by molar-refractivity contribution is 7.16. The van der Waals surface area contributed by atoms with Gasteiger partial charge in [0.1, 0.15) is 10.7 Å². The Kier molecular flexibility index (Phi) is 3.50. The van der Waals surface area contributed by atoms with Gasteiger partial charge in [-0.05, 0) is 29.0 Å². The number of hydrogen-bond donors (Lipinski definition) is 1. The Labute approximate surface area is 129 Å². The highest BCUT2D eigenvalue weighted by Crippen LogP contribution is 2.28. The van der Waals surface area contributed by atoms with E-state index in [9.17, 15) is 14.9 Å². The van der Waals surface area contributed by atoms with Gasteiger partial charge in [0.25, 0.3) is 11.2 Å². The van der Waals surface area contributed by atoms with Crippen LogP contribution in [0.15, 0.2) is 34.4 Å². The molecule has 1 N–H and O–H groups in total.